The van der Waals surface area contributed by atoms with Crippen molar-refractivity contribution in [1.82, 2.24) is 0 Å². The van der Waals surface area contributed by atoms with Gasteiger partial charge in [-0.15, -0.1) is 6.58 Å². The molecule has 5 heteroatoms. The van der Waals surface area contributed by atoms with Crippen LogP contribution in [0.15, 0.2) is 30.9 Å². The third-order valence-corrected chi connectivity index (χ3v) is 6.14. The molecular formula is C14H21NO3Si. The number of rotatable bonds is 6. The highest BCUT2D eigenvalue weighted by Crippen LogP contribution is 2.25. The van der Waals surface area contributed by atoms with Crippen LogP contribution in [0.5, 0.6) is 5.75 Å². The highest BCUT2D eigenvalue weighted by molar-refractivity contribution is 6.90. The Bertz CT molecular complexity index is 472. The summed E-state index contributed by atoms with van der Waals surface area (Å²) in [7, 11) is -1.58. The van der Waals surface area contributed by atoms with Crippen LogP contribution in [-0.4, -0.2) is 25.9 Å². The van der Waals surface area contributed by atoms with Gasteiger partial charge in [0.1, 0.15) is 5.75 Å². The molecule has 4 nitrogen and oxygen atoms in total. The molecule has 0 atom stereocenters. The maximum Gasteiger partial charge on any atom is 0.409 e. The monoisotopic (exact) mass is 279 g/mol. The van der Waals surface area contributed by atoms with Gasteiger partial charge in [-0.2, -0.15) is 0 Å². The Morgan fingerprint density at radius 3 is 2.74 bits per heavy atom. The molecule has 0 saturated heterocycles. The summed E-state index contributed by atoms with van der Waals surface area (Å²) in [5.41, 5.74) is 0.488. The van der Waals surface area contributed by atoms with Crippen LogP contribution in [0.3, 0.4) is 0 Å². The summed E-state index contributed by atoms with van der Waals surface area (Å²) < 4.78 is 5.52. The molecule has 0 unspecified atom stereocenters. The van der Waals surface area contributed by atoms with Gasteiger partial charge >= 0.3 is 6.09 Å². The summed E-state index contributed by atoms with van der Waals surface area (Å²) in [5.74, 6) is 0.590. The highest BCUT2D eigenvalue weighted by atomic mass is 28.3. The molecule has 0 heterocycles. The molecule has 0 aromatic heterocycles. The Kier molecular flexibility index (Phi) is 5.17. The van der Waals surface area contributed by atoms with Crippen molar-refractivity contribution >= 4 is 25.0 Å². The molecule has 1 aromatic rings. The smallest absolute Gasteiger partial charge is 0.409 e. The molecule has 0 radical (unpaired) electrons. The normalized spacial score (nSPS) is 10.9. The van der Waals surface area contributed by atoms with E-state index in [0.717, 1.165) is 6.04 Å². The molecule has 0 aliphatic rings. The van der Waals surface area contributed by atoms with Crippen LogP contribution in [0.4, 0.5) is 10.5 Å². The first-order valence-corrected chi connectivity index (χ1v) is 9.49. The van der Waals surface area contributed by atoms with E-state index in [-0.39, 0.29) is 0 Å². The Labute approximate surface area is 115 Å². The summed E-state index contributed by atoms with van der Waals surface area (Å²) in [6, 6.07) is 6.67. The molecule has 0 aliphatic carbocycles. The van der Waals surface area contributed by atoms with Crippen LogP contribution in [0.1, 0.15) is 6.92 Å². The van der Waals surface area contributed by atoms with E-state index < -0.39 is 14.2 Å². The fourth-order valence-corrected chi connectivity index (χ4v) is 3.93. The second-order valence-electron chi connectivity index (χ2n) is 4.95. The fraction of sp³-hybridized carbons (Fsp3) is 0.357. The van der Waals surface area contributed by atoms with Crippen LogP contribution in [0, 0.1) is 0 Å². The lowest BCUT2D eigenvalue weighted by atomic mass is 10.3. The average Bonchev–Trinajstić information content (AvgIpc) is 2.30. The number of anilines is 1. The Balaban J connectivity index is 3.14. The van der Waals surface area contributed by atoms with E-state index in [1.54, 1.807) is 6.07 Å². The molecular weight excluding hydrogens is 258 g/mol. The third kappa shape index (κ3) is 4.13. The maximum atomic E-state index is 10.7. The number of carbonyl (C=O) groups is 1. The Hall–Kier alpha value is -1.75. The first-order chi connectivity index (χ1) is 8.90. The minimum absolute atomic E-state index is 0.488. The third-order valence-electron chi connectivity index (χ3n) is 2.96. The van der Waals surface area contributed by atoms with Crippen molar-refractivity contribution in [3.63, 3.8) is 0 Å². The van der Waals surface area contributed by atoms with Gasteiger partial charge in [0.2, 0.25) is 0 Å². The predicted molar refractivity (Wildman–Crippen MR) is 81.4 cm³/mol. The van der Waals surface area contributed by atoms with Gasteiger partial charge in [-0.3, -0.25) is 5.32 Å². The molecule has 0 spiro atoms. The first-order valence-electron chi connectivity index (χ1n) is 6.29. The van der Waals surface area contributed by atoms with Crippen molar-refractivity contribution < 1.29 is 14.6 Å². The number of carboxylic acid groups (broad SMARTS) is 1. The van der Waals surface area contributed by atoms with Gasteiger partial charge in [0, 0.05) is 0 Å². The zero-order valence-corrected chi connectivity index (χ0v) is 12.7. The van der Waals surface area contributed by atoms with Crippen LogP contribution < -0.4 is 15.2 Å². The summed E-state index contributed by atoms with van der Waals surface area (Å²) >= 11 is 0. The van der Waals surface area contributed by atoms with Gasteiger partial charge in [-0.1, -0.05) is 30.4 Å². The lowest BCUT2D eigenvalue weighted by Gasteiger charge is -2.22. The van der Waals surface area contributed by atoms with Crippen molar-refractivity contribution in [2.75, 3.05) is 11.9 Å². The van der Waals surface area contributed by atoms with Gasteiger partial charge in [-0.25, -0.2) is 4.79 Å². The van der Waals surface area contributed by atoms with E-state index in [1.807, 2.05) is 25.1 Å². The second kappa shape index (κ2) is 6.42. The molecule has 1 amide bonds. The standard InChI is InChI=1S/C14H21NO3Si/c1-5-9-19(3,4)11-7-8-12(15-14(16)17)13(10-11)18-6-2/h5,7-8,10,15H,1,6,9H2,2-4H3,(H,16,17). The Morgan fingerprint density at radius 2 is 2.21 bits per heavy atom. The lowest BCUT2D eigenvalue weighted by molar-refractivity contribution is 0.209. The largest absolute Gasteiger partial charge is 0.492 e. The van der Waals surface area contributed by atoms with Crippen molar-refractivity contribution in [1.29, 1.82) is 0 Å². The van der Waals surface area contributed by atoms with E-state index in [9.17, 15) is 4.79 Å². The molecule has 2 N–H and O–H groups in total. The molecule has 0 fully saturated rings. The van der Waals surface area contributed by atoms with Crippen molar-refractivity contribution in [3.8, 4) is 5.75 Å². The first kappa shape index (κ1) is 15.3. The molecule has 0 aliphatic heterocycles. The van der Waals surface area contributed by atoms with Crippen LogP contribution in [-0.2, 0) is 0 Å². The molecule has 0 saturated carbocycles. The summed E-state index contributed by atoms with van der Waals surface area (Å²) in [6.45, 7) is 10.7. The average molecular weight is 279 g/mol. The minimum Gasteiger partial charge on any atom is -0.492 e. The Morgan fingerprint density at radius 1 is 1.53 bits per heavy atom. The molecule has 1 aromatic carbocycles. The zero-order chi connectivity index (χ0) is 14.5. The number of nitrogens with one attached hydrogen (secondary N) is 1. The zero-order valence-electron chi connectivity index (χ0n) is 11.7. The van der Waals surface area contributed by atoms with E-state index in [4.69, 9.17) is 9.84 Å². The summed E-state index contributed by atoms with van der Waals surface area (Å²) in [5, 5.41) is 12.4. The van der Waals surface area contributed by atoms with Crippen LogP contribution >= 0.6 is 0 Å². The van der Waals surface area contributed by atoms with Gasteiger partial charge in [0.25, 0.3) is 0 Å². The number of allylic oxidation sites excluding steroid dienone is 1. The molecule has 104 valence electrons. The molecule has 19 heavy (non-hydrogen) atoms. The van der Waals surface area contributed by atoms with E-state index >= 15 is 0 Å². The second-order valence-corrected chi connectivity index (χ2v) is 9.70. The van der Waals surface area contributed by atoms with E-state index in [0.29, 0.717) is 18.0 Å². The molecule has 0 bridgehead atoms. The topological polar surface area (TPSA) is 58.6 Å². The van der Waals surface area contributed by atoms with Crippen molar-refractivity contribution in [3.05, 3.63) is 30.9 Å². The summed E-state index contributed by atoms with van der Waals surface area (Å²) in [6.07, 6.45) is 0.854. The van der Waals surface area contributed by atoms with Crippen molar-refractivity contribution in [2.45, 2.75) is 26.1 Å². The SMILES string of the molecule is C=CC[Si](C)(C)c1ccc(NC(=O)O)c(OCC)c1. The number of hydrogen-bond donors (Lipinski definition) is 2. The quantitative estimate of drug-likeness (QED) is 0.620. The van der Waals surface area contributed by atoms with Gasteiger partial charge in [-0.05, 0) is 25.1 Å². The van der Waals surface area contributed by atoms with E-state index in [2.05, 4.69) is 25.0 Å². The minimum atomic E-state index is -1.58. The molecule has 1 rings (SSSR count). The lowest BCUT2D eigenvalue weighted by Crippen LogP contribution is -2.40. The van der Waals surface area contributed by atoms with Crippen LogP contribution in [0.25, 0.3) is 0 Å². The van der Waals surface area contributed by atoms with Crippen molar-refractivity contribution in [2.24, 2.45) is 0 Å². The van der Waals surface area contributed by atoms with Gasteiger partial charge < -0.3 is 9.84 Å². The van der Waals surface area contributed by atoms with Gasteiger partial charge in [0.15, 0.2) is 0 Å². The maximum absolute atomic E-state index is 10.7. The highest BCUT2D eigenvalue weighted by Gasteiger charge is 2.23. The van der Waals surface area contributed by atoms with E-state index in [1.165, 1.54) is 5.19 Å². The van der Waals surface area contributed by atoms with Crippen LogP contribution in [0.2, 0.25) is 19.1 Å². The fourth-order valence-electron chi connectivity index (χ4n) is 1.92. The number of hydrogen-bond acceptors (Lipinski definition) is 2. The number of benzene rings is 1. The predicted octanol–water partition coefficient (Wildman–Crippen LogP) is 3.28. The number of amides is 1. The van der Waals surface area contributed by atoms with Gasteiger partial charge in [0.05, 0.1) is 20.4 Å². The number of ether oxygens (including phenoxy) is 1. The summed E-state index contributed by atoms with van der Waals surface area (Å²) in [4.78, 5) is 10.7.